The maximum atomic E-state index is 12.6. The number of nitrogens with zero attached hydrogens (tertiary/aromatic N) is 5. The quantitative estimate of drug-likeness (QED) is 0.640. The molecule has 4 rings (SSSR count). The first-order valence-electron chi connectivity index (χ1n) is 11.8. The summed E-state index contributed by atoms with van der Waals surface area (Å²) in [6.45, 7) is 5.48. The second-order valence-corrected chi connectivity index (χ2v) is 9.29. The first kappa shape index (κ1) is 23.4. The molecule has 2 aromatic rings. The first-order chi connectivity index (χ1) is 15.9. The molecule has 0 bridgehead atoms. The summed E-state index contributed by atoms with van der Waals surface area (Å²) in [6.07, 6.45) is 6.50. The fourth-order valence-electron chi connectivity index (χ4n) is 4.82. The van der Waals surface area contributed by atoms with Gasteiger partial charge in [0.1, 0.15) is 0 Å². The molecule has 2 aliphatic rings. The molecular formula is C24H34N6O3. The van der Waals surface area contributed by atoms with Gasteiger partial charge in [0.25, 0.3) is 5.91 Å². The van der Waals surface area contributed by atoms with Gasteiger partial charge in [0, 0.05) is 82.8 Å². The van der Waals surface area contributed by atoms with E-state index in [2.05, 4.69) is 24.8 Å². The van der Waals surface area contributed by atoms with Crippen molar-refractivity contribution in [3.8, 4) is 0 Å². The fourth-order valence-corrected chi connectivity index (χ4v) is 4.82. The van der Waals surface area contributed by atoms with E-state index in [1.165, 1.54) is 5.69 Å². The molecule has 33 heavy (non-hydrogen) atoms. The number of piperidine rings is 1. The predicted octanol–water partition coefficient (Wildman–Crippen LogP) is 0.765. The molecule has 2 aliphatic heterocycles. The minimum Gasteiger partial charge on any atom is -0.390 e. The van der Waals surface area contributed by atoms with Gasteiger partial charge in [-0.3, -0.25) is 19.5 Å². The molecule has 178 valence electrons. The van der Waals surface area contributed by atoms with Gasteiger partial charge < -0.3 is 19.9 Å². The Morgan fingerprint density at radius 3 is 2.79 bits per heavy atom. The number of nitrogens with one attached hydrogen (secondary N) is 1. The van der Waals surface area contributed by atoms with E-state index in [1.54, 1.807) is 19.2 Å². The van der Waals surface area contributed by atoms with Crippen molar-refractivity contribution in [2.75, 3.05) is 32.7 Å². The highest BCUT2D eigenvalue weighted by Gasteiger charge is 2.23. The van der Waals surface area contributed by atoms with Crippen molar-refractivity contribution in [3.05, 3.63) is 47.3 Å². The van der Waals surface area contributed by atoms with Gasteiger partial charge in [0.2, 0.25) is 5.91 Å². The van der Waals surface area contributed by atoms with Crippen LogP contribution in [0.2, 0.25) is 0 Å². The number of likely N-dealkylation sites (tertiary alicyclic amines) is 1. The lowest BCUT2D eigenvalue weighted by atomic mass is 9.91. The molecule has 4 heterocycles. The first-order valence-corrected chi connectivity index (χ1v) is 11.8. The molecule has 0 saturated carbocycles. The van der Waals surface area contributed by atoms with E-state index >= 15 is 0 Å². The number of carbonyl (C=O) groups is 2. The third-order valence-corrected chi connectivity index (χ3v) is 6.79. The molecule has 9 nitrogen and oxygen atoms in total. The van der Waals surface area contributed by atoms with Crippen LogP contribution in [0.1, 0.15) is 47.2 Å². The molecule has 0 unspecified atom stereocenters. The van der Waals surface area contributed by atoms with Gasteiger partial charge in [-0.2, -0.15) is 0 Å². The number of pyridine rings is 1. The summed E-state index contributed by atoms with van der Waals surface area (Å²) in [7, 11) is 2.01. The normalized spacial score (nSPS) is 18.1. The molecule has 0 aromatic carbocycles. The molecule has 0 radical (unpaired) electrons. The number of aromatic nitrogens is 3. The zero-order valence-electron chi connectivity index (χ0n) is 19.5. The number of fused-ring (bicyclic) bond motifs is 1. The zero-order valence-corrected chi connectivity index (χ0v) is 19.5. The lowest BCUT2D eigenvalue weighted by Crippen LogP contribution is -2.42. The van der Waals surface area contributed by atoms with Gasteiger partial charge >= 0.3 is 0 Å². The molecule has 0 spiro atoms. The second-order valence-electron chi connectivity index (χ2n) is 9.29. The number of carbonyl (C=O) groups excluding carboxylic acids is 2. The van der Waals surface area contributed by atoms with Crippen molar-refractivity contribution >= 4 is 11.8 Å². The predicted molar refractivity (Wildman–Crippen MR) is 123 cm³/mol. The van der Waals surface area contributed by atoms with Crippen LogP contribution >= 0.6 is 0 Å². The summed E-state index contributed by atoms with van der Waals surface area (Å²) in [5.74, 6) is 0.404. The zero-order chi connectivity index (χ0) is 23.4. The molecule has 2 amide bonds. The molecule has 2 N–H and O–H groups in total. The molecular weight excluding hydrogens is 420 g/mol. The van der Waals surface area contributed by atoms with Gasteiger partial charge in [0.15, 0.2) is 0 Å². The topological polar surface area (TPSA) is 104 Å². The van der Waals surface area contributed by atoms with Gasteiger partial charge in [-0.05, 0) is 37.3 Å². The Morgan fingerprint density at radius 1 is 1.24 bits per heavy atom. The van der Waals surface area contributed by atoms with E-state index in [0.717, 1.165) is 63.3 Å². The van der Waals surface area contributed by atoms with Crippen molar-refractivity contribution in [2.45, 2.75) is 45.3 Å². The van der Waals surface area contributed by atoms with Crippen LogP contribution in [0.4, 0.5) is 0 Å². The highest BCUT2D eigenvalue weighted by atomic mass is 16.3. The lowest BCUT2D eigenvalue weighted by Gasteiger charge is -2.31. The molecule has 9 heteroatoms. The summed E-state index contributed by atoms with van der Waals surface area (Å²) >= 11 is 0. The summed E-state index contributed by atoms with van der Waals surface area (Å²) < 4.78 is 2.06. The maximum absolute atomic E-state index is 12.6. The SMILES string of the molecule is CC(=O)N1CCC(Cc2cc(C(=O)NC[C@H](O)CN3CCc4c(ncn4C)C3)ccn2)CC1. The highest BCUT2D eigenvalue weighted by molar-refractivity contribution is 5.94. The Morgan fingerprint density at radius 2 is 2.03 bits per heavy atom. The lowest BCUT2D eigenvalue weighted by molar-refractivity contribution is -0.130. The standard InChI is InChI=1S/C24H34N6O3/c1-17(31)30-9-4-18(5-10-30)11-20-12-19(3-7-25-20)24(33)26-13-21(32)14-29-8-6-23-22(15-29)27-16-28(23)2/h3,7,12,16,18,21,32H,4-6,8-11,13-15H2,1-2H3,(H,26,33)/t21-/m0/s1. The smallest absolute Gasteiger partial charge is 0.251 e. The van der Waals surface area contributed by atoms with Gasteiger partial charge in [-0.25, -0.2) is 4.98 Å². The Bertz CT molecular complexity index is 982. The van der Waals surface area contributed by atoms with E-state index in [-0.39, 0.29) is 18.4 Å². The van der Waals surface area contributed by atoms with E-state index in [0.29, 0.717) is 18.0 Å². The number of hydrogen-bond acceptors (Lipinski definition) is 6. The van der Waals surface area contributed by atoms with Crippen molar-refractivity contribution in [3.63, 3.8) is 0 Å². The molecule has 0 aliphatic carbocycles. The van der Waals surface area contributed by atoms with Crippen molar-refractivity contribution in [1.29, 1.82) is 0 Å². The summed E-state index contributed by atoms with van der Waals surface area (Å²) in [6, 6.07) is 3.54. The van der Waals surface area contributed by atoms with E-state index in [4.69, 9.17) is 0 Å². The monoisotopic (exact) mass is 454 g/mol. The summed E-state index contributed by atoms with van der Waals surface area (Å²) in [5.41, 5.74) is 3.77. The Labute approximate surface area is 194 Å². The average molecular weight is 455 g/mol. The van der Waals surface area contributed by atoms with E-state index < -0.39 is 6.10 Å². The van der Waals surface area contributed by atoms with Crippen LogP contribution < -0.4 is 5.32 Å². The molecule has 1 atom stereocenters. The van der Waals surface area contributed by atoms with Crippen LogP contribution in [0, 0.1) is 5.92 Å². The molecule has 1 fully saturated rings. The Balaban J connectivity index is 1.23. The van der Waals surface area contributed by atoms with Gasteiger partial charge in [0.05, 0.1) is 18.1 Å². The summed E-state index contributed by atoms with van der Waals surface area (Å²) in [4.78, 5) is 37.1. The van der Waals surface area contributed by atoms with Crippen LogP contribution in [-0.2, 0) is 31.2 Å². The Kier molecular flexibility index (Phi) is 7.39. The van der Waals surface area contributed by atoms with Crippen LogP contribution in [0.25, 0.3) is 0 Å². The fraction of sp³-hybridized carbons (Fsp3) is 0.583. The highest BCUT2D eigenvalue weighted by Crippen LogP contribution is 2.21. The number of imidazole rings is 1. The molecule has 1 saturated heterocycles. The number of aliphatic hydroxyl groups is 1. The number of hydrogen-bond donors (Lipinski definition) is 2. The van der Waals surface area contributed by atoms with Crippen LogP contribution in [-0.4, -0.2) is 80.1 Å². The number of aryl methyl sites for hydroxylation is 1. The number of rotatable bonds is 7. The number of amides is 2. The summed E-state index contributed by atoms with van der Waals surface area (Å²) in [5, 5.41) is 13.3. The third kappa shape index (κ3) is 5.97. The van der Waals surface area contributed by atoms with E-state index in [1.807, 2.05) is 24.3 Å². The minimum absolute atomic E-state index is 0.134. The minimum atomic E-state index is -0.646. The van der Waals surface area contributed by atoms with Crippen LogP contribution in [0.15, 0.2) is 24.7 Å². The van der Waals surface area contributed by atoms with E-state index in [9.17, 15) is 14.7 Å². The largest absolute Gasteiger partial charge is 0.390 e. The number of aliphatic hydroxyl groups excluding tert-OH is 1. The van der Waals surface area contributed by atoms with Gasteiger partial charge in [-0.1, -0.05) is 0 Å². The van der Waals surface area contributed by atoms with Gasteiger partial charge in [-0.15, -0.1) is 0 Å². The molecule has 2 aromatic heterocycles. The Hall–Kier alpha value is -2.78. The van der Waals surface area contributed by atoms with Crippen molar-refractivity contribution in [1.82, 2.24) is 29.7 Å². The van der Waals surface area contributed by atoms with Crippen molar-refractivity contribution in [2.24, 2.45) is 13.0 Å². The van der Waals surface area contributed by atoms with Crippen molar-refractivity contribution < 1.29 is 14.7 Å². The van der Waals surface area contributed by atoms with Crippen LogP contribution in [0.5, 0.6) is 0 Å². The average Bonchev–Trinajstić information content (AvgIpc) is 3.18. The number of β-amino-alcohol motifs (C(OH)–C–C–N with tert-alkyl or cyclic N) is 1. The van der Waals surface area contributed by atoms with Crippen LogP contribution in [0.3, 0.4) is 0 Å². The maximum Gasteiger partial charge on any atom is 0.251 e. The third-order valence-electron chi connectivity index (χ3n) is 6.79. The second kappa shape index (κ2) is 10.4.